The summed E-state index contributed by atoms with van der Waals surface area (Å²) in [5.41, 5.74) is 0. The zero-order valence-electron chi connectivity index (χ0n) is 37.8. The van der Waals surface area contributed by atoms with Crippen LogP contribution in [0, 0.1) is 0 Å². The second-order valence-electron chi connectivity index (χ2n) is 17.1. The molecule has 6 heteroatoms. The van der Waals surface area contributed by atoms with E-state index in [9.17, 15) is 25.2 Å². The molecule has 0 spiro atoms. The number of aliphatic hydroxyl groups is 4. The van der Waals surface area contributed by atoms with Crippen molar-refractivity contribution in [1.82, 2.24) is 5.32 Å². The molecule has 0 aliphatic carbocycles. The van der Waals surface area contributed by atoms with Gasteiger partial charge < -0.3 is 25.7 Å². The van der Waals surface area contributed by atoms with Crippen LogP contribution in [-0.2, 0) is 4.79 Å². The van der Waals surface area contributed by atoms with Crippen LogP contribution in [0.1, 0.15) is 251 Å². The number of amides is 1. The van der Waals surface area contributed by atoms with Crippen LogP contribution in [0.15, 0.2) is 36.5 Å². The highest BCUT2D eigenvalue weighted by Crippen LogP contribution is 2.16. The molecule has 0 aromatic rings. The predicted molar refractivity (Wildman–Crippen MR) is 247 cm³/mol. The van der Waals surface area contributed by atoms with Crippen molar-refractivity contribution in [3.05, 3.63) is 36.5 Å². The topological polar surface area (TPSA) is 110 Å². The lowest BCUT2D eigenvalue weighted by Crippen LogP contribution is -2.53. The Bertz CT molecular complexity index is 904. The minimum atomic E-state index is -1.29. The fourth-order valence-corrected chi connectivity index (χ4v) is 7.61. The average Bonchev–Trinajstić information content (AvgIpc) is 3.22. The third-order valence-electron chi connectivity index (χ3n) is 11.6. The van der Waals surface area contributed by atoms with Crippen LogP contribution >= 0.6 is 0 Å². The Kier molecular flexibility index (Phi) is 44.4. The summed E-state index contributed by atoms with van der Waals surface area (Å²) >= 11 is 0. The molecular formula is C51H97NO5. The molecule has 0 saturated heterocycles. The highest BCUT2D eigenvalue weighted by Gasteiger charge is 2.28. The number of unbranched alkanes of at least 4 members (excludes halogenated alkanes) is 30. The fraction of sp³-hybridized carbons (Fsp3) is 0.863. The molecule has 4 atom stereocenters. The lowest BCUT2D eigenvalue weighted by molar-refractivity contribution is -0.132. The Labute approximate surface area is 354 Å². The monoisotopic (exact) mass is 804 g/mol. The van der Waals surface area contributed by atoms with Crippen molar-refractivity contribution in [3.63, 3.8) is 0 Å². The maximum absolute atomic E-state index is 12.5. The van der Waals surface area contributed by atoms with Crippen molar-refractivity contribution in [2.75, 3.05) is 6.61 Å². The molecule has 0 aromatic heterocycles. The zero-order valence-corrected chi connectivity index (χ0v) is 37.8. The Morgan fingerprint density at radius 2 is 0.737 bits per heavy atom. The summed E-state index contributed by atoms with van der Waals surface area (Å²) in [5.74, 6) is -0.597. The summed E-state index contributed by atoms with van der Waals surface area (Å²) in [7, 11) is 0. The summed E-state index contributed by atoms with van der Waals surface area (Å²) in [6.45, 7) is 4.05. The van der Waals surface area contributed by atoms with E-state index in [2.05, 4.69) is 55.6 Å². The highest BCUT2D eigenvalue weighted by atomic mass is 16.3. The first-order valence-electron chi connectivity index (χ1n) is 24.9. The summed E-state index contributed by atoms with van der Waals surface area (Å²) in [4.78, 5) is 12.5. The van der Waals surface area contributed by atoms with Gasteiger partial charge in [0.2, 0.25) is 5.91 Å². The van der Waals surface area contributed by atoms with Gasteiger partial charge in [0.25, 0.3) is 0 Å². The first-order chi connectivity index (χ1) is 28.0. The number of hydrogen-bond acceptors (Lipinski definition) is 5. The summed E-state index contributed by atoms with van der Waals surface area (Å²) < 4.78 is 0. The van der Waals surface area contributed by atoms with E-state index >= 15 is 0 Å². The first kappa shape index (κ1) is 55.5. The molecule has 6 nitrogen and oxygen atoms in total. The fourth-order valence-electron chi connectivity index (χ4n) is 7.61. The molecule has 1 amide bonds. The van der Waals surface area contributed by atoms with Gasteiger partial charge in [0, 0.05) is 0 Å². The van der Waals surface area contributed by atoms with Gasteiger partial charge in [-0.2, -0.15) is 0 Å². The number of carbonyl (C=O) groups is 1. The Hall–Kier alpha value is -1.47. The molecule has 0 aliphatic rings. The van der Waals surface area contributed by atoms with Crippen LogP contribution in [0.2, 0.25) is 0 Å². The molecular weight excluding hydrogens is 707 g/mol. The van der Waals surface area contributed by atoms with Crippen molar-refractivity contribution in [1.29, 1.82) is 0 Å². The Morgan fingerprint density at radius 1 is 0.421 bits per heavy atom. The van der Waals surface area contributed by atoms with E-state index in [0.29, 0.717) is 19.3 Å². The Balaban J connectivity index is 3.76. The molecule has 5 N–H and O–H groups in total. The van der Waals surface area contributed by atoms with Gasteiger partial charge in [-0.05, 0) is 64.2 Å². The van der Waals surface area contributed by atoms with Gasteiger partial charge in [-0.3, -0.25) is 4.79 Å². The Morgan fingerprint density at radius 3 is 1.11 bits per heavy atom. The van der Waals surface area contributed by atoms with E-state index in [-0.39, 0.29) is 0 Å². The quantitative estimate of drug-likeness (QED) is 0.0311. The standard InChI is InChI=1S/C51H97NO5/c1-3-5-7-9-11-13-15-17-19-21-23-24-25-27-28-30-32-34-36-38-40-42-44-48(54)50(56)47(46-53)52-51(57)49(55)45-43-41-39-37-35-33-31-29-26-22-20-18-16-14-12-10-8-6-4-2/h23-24,28,30,36,38,47-50,53-56H,3-22,25-27,29,31-35,37,39-46H2,1-2H3,(H,52,57)/b24-23+,30-28+,38-36+. The lowest BCUT2D eigenvalue weighted by Gasteiger charge is -2.27. The number of carbonyl (C=O) groups excluding carboxylic acids is 1. The van der Waals surface area contributed by atoms with Crippen LogP contribution in [-0.4, -0.2) is 57.3 Å². The maximum Gasteiger partial charge on any atom is 0.249 e. The van der Waals surface area contributed by atoms with Gasteiger partial charge in [0.15, 0.2) is 0 Å². The summed E-state index contributed by atoms with van der Waals surface area (Å²) in [6, 6.07) is -1.01. The molecule has 57 heavy (non-hydrogen) atoms. The predicted octanol–water partition coefficient (Wildman–Crippen LogP) is 13.7. The number of rotatable bonds is 45. The largest absolute Gasteiger partial charge is 0.394 e. The molecule has 0 fully saturated rings. The van der Waals surface area contributed by atoms with Crippen molar-refractivity contribution in [2.24, 2.45) is 0 Å². The van der Waals surface area contributed by atoms with Crippen LogP contribution < -0.4 is 5.32 Å². The van der Waals surface area contributed by atoms with Crippen LogP contribution in [0.25, 0.3) is 0 Å². The molecule has 336 valence electrons. The molecule has 0 aromatic carbocycles. The molecule has 0 bridgehead atoms. The van der Waals surface area contributed by atoms with E-state index in [1.165, 1.54) is 167 Å². The highest BCUT2D eigenvalue weighted by molar-refractivity contribution is 5.80. The van der Waals surface area contributed by atoms with E-state index in [1.807, 2.05) is 0 Å². The minimum Gasteiger partial charge on any atom is -0.394 e. The van der Waals surface area contributed by atoms with Crippen molar-refractivity contribution >= 4 is 5.91 Å². The van der Waals surface area contributed by atoms with Gasteiger partial charge in [0.1, 0.15) is 12.2 Å². The summed E-state index contributed by atoms with van der Waals surface area (Å²) in [6.07, 6.45) is 54.7. The normalized spacial score (nSPS) is 14.3. The van der Waals surface area contributed by atoms with E-state index < -0.39 is 36.9 Å². The average molecular weight is 804 g/mol. The van der Waals surface area contributed by atoms with Crippen LogP contribution in [0.3, 0.4) is 0 Å². The van der Waals surface area contributed by atoms with E-state index in [0.717, 1.165) is 51.4 Å². The second kappa shape index (κ2) is 45.6. The number of nitrogens with one attached hydrogen (secondary N) is 1. The van der Waals surface area contributed by atoms with E-state index in [4.69, 9.17) is 0 Å². The van der Waals surface area contributed by atoms with Crippen molar-refractivity contribution in [2.45, 2.75) is 276 Å². The molecule has 0 aliphatic heterocycles. The van der Waals surface area contributed by atoms with E-state index in [1.54, 1.807) is 0 Å². The van der Waals surface area contributed by atoms with Crippen LogP contribution in [0.5, 0.6) is 0 Å². The minimum absolute atomic E-state index is 0.362. The molecule has 0 saturated carbocycles. The van der Waals surface area contributed by atoms with Gasteiger partial charge >= 0.3 is 0 Å². The zero-order chi connectivity index (χ0) is 41.7. The molecule has 0 radical (unpaired) electrons. The van der Waals surface area contributed by atoms with Crippen LogP contribution in [0.4, 0.5) is 0 Å². The summed E-state index contributed by atoms with van der Waals surface area (Å²) in [5, 5.41) is 43.8. The van der Waals surface area contributed by atoms with Crippen molar-refractivity contribution < 1.29 is 25.2 Å². The molecule has 4 unspecified atom stereocenters. The van der Waals surface area contributed by atoms with Gasteiger partial charge in [-0.1, -0.05) is 224 Å². The number of hydrogen-bond donors (Lipinski definition) is 5. The second-order valence-corrected chi connectivity index (χ2v) is 17.1. The molecule has 0 heterocycles. The third kappa shape index (κ3) is 39.7. The van der Waals surface area contributed by atoms with Gasteiger partial charge in [0.05, 0.1) is 18.8 Å². The van der Waals surface area contributed by atoms with Gasteiger partial charge in [-0.15, -0.1) is 0 Å². The lowest BCUT2D eigenvalue weighted by atomic mass is 10.00. The molecule has 0 rings (SSSR count). The van der Waals surface area contributed by atoms with Gasteiger partial charge in [-0.25, -0.2) is 0 Å². The first-order valence-corrected chi connectivity index (χ1v) is 24.9. The maximum atomic E-state index is 12.5. The number of allylic oxidation sites excluding steroid dienone is 6. The SMILES string of the molecule is CCCCCCCCCCC/C=C/CC/C=C/CC/C=C/CCCC(O)C(O)C(CO)NC(=O)C(O)CCCCCCCCCCCCCCCCCCCCC. The smallest absolute Gasteiger partial charge is 0.249 e. The third-order valence-corrected chi connectivity index (χ3v) is 11.6. The number of aliphatic hydroxyl groups excluding tert-OH is 4. The van der Waals surface area contributed by atoms with Crippen molar-refractivity contribution in [3.8, 4) is 0 Å².